The number of phosphoric acid groups is 1. The van der Waals surface area contributed by atoms with Crippen LogP contribution in [0.15, 0.2) is 54.6 Å². The summed E-state index contributed by atoms with van der Waals surface area (Å²) in [6.07, 6.45) is -11.6. The second-order valence-electron chi connectivity index (χ2n) is 23.3. The number of amides is 2. The van der Waals surface area contributed by atoms with E-state index in [2.05, 4.69) is 32.3 Å². The SMILES string of the molecule is CCOP(=O)(OCC)Oc1cc(CP(=O)(OC)OC)cc(C)c1C(C)(C)CC(=O)NS(=O)(=O)Cc1nn(CC(F)(F)F)c2c(-c3ccc(C#CC(C)(C)S(C)(=O)=O)nc3[C@H](Cc3cc(F)cc(F)c3)NC(=O)Cn3nc(C(F)(F)F)c4c3C(F)(F)[C@@H]3C[C@H]43)ccc(Cl)c12. The number of carbonyl (C=O) groups is 2. The minimum absolute atomic E-state index is 0.155. The van der Waals surface area contributed by atoms with E-state index < -0.39 is 181 Å². The molecule has 3 aromatic carbocycles. The van der Waals surface area contributed by atoms with Gasteiger partial charge in [0.05, 0.1) is 47.3 Å². The van der Waals surface area contributed by atoms with Crippen molar-refractivity contribution in [1.29, 1.82) is 0 Å². The van der Waals surface area contributed by atoms with Crippen molar-refractivity contribution in [2.75, 3.05) is 33.7 Å². The van der Waals surface area contributed by atoms with Crippen LogP contribution in [-0.2, 0) is 106 Å². The molecule has 2 aliphatic carbocycles. The topological polar surface area (TPSA) is 255 Å². The van der Waals surface area contributed by atoms with E-state index in [1.807, 2.05) is 4.72 Å². The summed E-state index contributed by atoms with van der Waals surface area (Å²) < 4.78 is 258. The van der Waals surface area contributed by atoms with Gasteiger partial charge in [-0.15, -0.1) is 0 Å². The molecule has 0 radical (unpaired) electrons. The summed E-state index contributed by atoms with van der Waals surface area (Å²) in [7, 11) is -14.8. The van der Waals surface area contributed by atoms with Crippen molar-refractivity contribution < 1.29 is 102 Å². The normalized spacial score (nSPS) is 16.4. The van der Waals surface area contributed by atoms with Crippen LogP contribution < -0.4 is 14.6 Å². The molecule has 0 spiro atoms. The number of benzene rings is 3. The fourth-order valence-electron chi connectivity index (χ4n) is 11.2. The van der Waals surface area contributed by atoms with E-state index in [1.165, 1.54) is 47.6 Å². The molecule has 6 aromatic rings. The zero-order chi connectivity index (χ0) is 69.1. The van der Waals surface area contributed by atoms with Crippen molar-refractivity contribution in [2.24, 2.45) is 5.92 Å². The summed E-state index contributed by atoms with van der Waals surface area (Å²) in [5.41, 5.74) is -7.26. The molecule has 3 atom stereocenters. The van der Waals surface area contributed by atoms with E-state index in [0.717, 1.165) is 56.9 Å². The van der Waals surface area contributed by atoms with Gasteiger partial charge in [0.1, 0.15) is 52.4 Å². The smallest absolute Gasteiger partial charge is 0.404 e. The summed E-state index contributed by atoms with van der Waals surface area (Å²) in [6.45, 7) is 6.43. The van der Waals surface area contributed by atoms with Gasteiger partial charge in [-0.05, 0) is 112 Å². The number of carbonyl (C=O) groups excluding carboxylic acids is 2. The molecule has 35 heteroatoms. The van der Waals surface area contributed by atoms with Gasteiger partial charge in [-0.3, -0.25) is 37.3 Å². The zero-order valence-electron chi connectivity index (χ0n) is 51.2. The number of halogens is 11. The Morgan fingerprint density at radius 1 is 0.860 bits per heavy atom. The number of fused-ring (bicyclic) bond motifs is 4. The summed E-state index contributed by atoms with van der Waals surface area (Å²) in [5, 5.41) is 9.02. The molecule has 0 bridgehead atoms. The average molecular weight is 1420 g/mol. The number of hydrogen-bond acceptors (Lipinski definition) is 16. The maximum atomic E-state index is 15.8. The number of alkyl halides is 8. The number of hydrogen-bond donors (Lipinski definition) is 2. The highest BCUT2D eigenvalue weighted by atomic mass is 35.5. The molecule has 3 aromatic heterocycles. The second kappa shape index (κ2) is 26.3. The van der Waals surface area contributed by atoms with Crippen molar-refractivity contribution in [3.05, 3.63) is 128 Å². The van der Waals surface area contributed by atoms with E-state index in [9.17, 15) is 61.9 Å². The number of pyridine rings is 1. The summed E-state index contributed by atoms with van der Waals surface area (Å²) in [6, 6.07) is 7.68. The molecule has 2 aliphatic rings. The number of sulfone groups is 1. The lowest BCUT2D eigenvalue weighted by Gasteiger charge is -2.30. The second-order valence-corrected chi connectivity index (χ2v) is 31.8. The minimum atomic E-state index is -5.25. The van der Waals surface area contributed by atoms with Crippen molar-refractivity contribution >= 4 is 69.6 Å². The van der Waals surface area contributed by atoms with Gasteiger partial charge in [0, 0.05) is 71.9 Å². The van der Waals surface area contributed by atoms with Crippen LogP contribution >= 0.6 is 27.0 Å². The molecule has 0 saturated heterocycles. The first-order valence-electron chi connectivity index (χ1n) is 28.1. The van der Waals surface area contributed by atoms with E-state index >= 15 is 17.6 Å². The Bertz CT molecular complexity index is 4320. The monoisotopic (exact) mass is 1420 g/mol. The summed E-state index contributed by atoms with van der Waals surface area (Å²) in [5.74, 6) is -7.91. The van der Waals surface area contributed by atoms with Gasteiger partial charge in [-0.1, -0.05) is 43.5 Å². The zero-order valence-corrected chi connectivity index (χ0v) is 55.4. The molecule has 3 heterocycles. The van der Waals surface area contributed by atoms with Crippen molar-refractivity contribution in [3.63, 3.8) is 0 Å². The Labute approximate surface area is 532 Å². The third kappa shape index (κ3) is 16.1. The lowest BCUT2D eigenvalue weighted by molar-refractivity contribution is -0.143. The van der Waals surface area contributed by atoms with E-state index in [1.54, 1.807) is 13.0 Å². The largest absolute Gasteiger partial charge is 0.530 e. The molecular weight excluding hydrogens is 1350 g/mol. The lowest BCUT2D eigenvalue weighted by Crippen LogP contribution is -2.36. The van der Waals surface area contributed by atoms with Gasteiger partial charge in [0.15, 0.2) is 15.5 Å². The number of aromatic nitrogens is 5. The molecule has 0 aliphatic heterocycles. The fraction of sp³-hybridized carbons (Fsp3) is 0.466. The number of nitrogens with one attached hydrogen (secondary N) is 2. The first kappa shape index (κ1) is 72.4. The molecule has 0 unspecified atom stereocenters. The molecular formula is C58H62ClF10N7O13P2S2. The third-order valence-electron chi connectivity index (χ3n) is 15.4. The van der Waals surface area contributed by atoms with Gasteiger partial charge >= 0.3 is 27.8 Å². The average Bonchev–Trinajstić information content (AvgIpc) is 1.52. The Balaban J connectivity index is 1.24. The highest BCUT2D eigenvalue weighted by Crippen LogP contribution is 2.68. The molecule has 20 nitrogen and oxygen atoms in total. The highest BCUT2D eigenvalue weighted by molar-refractivity contribution is 7.92. The predicted molar refractivity (Wildman–Crippen MR) is 319 cm³/mol. The molecule has 8 rings (SSSR count). The van der Waals surface area contributed by atoms with Gasteiger partial charge in [-0.2, -0.15) is 45.3 Å². The molecule has 2 N–H and O–H groups in total. The summed E-state index contributed by atoms with van der Waals surface area (Å²) >= 11 is 6.77. The predicted octanol–water partition coefficient (Wildman–Crippen LogP) is 12.5. The highest BCUT2D eigenvalue weighted by Gasteiger charge is 2.68. The van der Waals surface area contributed by atoms with Crippen LogP contribution in [0, 0.1) is 36.3 Å². The molecule has 506 valence electrons. The number of aryl methyl sites for hydroxylation is 1. The van der Waals surface area contributed by atoms with Gasteiger partial charge in [0.2, 0.25) is 21.8 Å². The van der Waals surface area contributed by atoms with Gasteiger partial charge in [-0.25, -0.2) is 35.2 Å². The van der Waals surface area contributed by atoms with Crippen LogP contribution in [0.25, 0.3) is 22.0 Å². The molecule has 1 saturated carbocycles. The van der Waals surface area contributed by atoms with Crippen LogP contribution in [-0.4, -0.2) is 97.8 Å². The standard InChI is InChI=1S/C58H62ClF10N7O13P2S2/c1-11-87-91(80,88-12-2)89-44-23-33(28-90(79,85-8)86-9)19-31(3)49(44)54(4,5)26-45(77)74-93(83,84)29-43-48-41(59)16-15-38(51(48)76(72-43)30-56(62,63)64)37-14-13-36(17-18-55(6,7)92(10,81)82)70-50(37)42(22-32-20-34(60)24-35(61)21-32)71-46(78)27-75-53-47(52(73-75)58(67,68)69)39-25-40(39)57(53,65)66/h13-16,19-21,23-24,39-40,42H,11-12,22,25-30H2,1-10H3,(H,71,78)(H,74,77)/t39-,40+,42-/m0/s1. The van der Waals surface area contributed by atoms with Crippen molar-refractivity contribution in [3.8, 4) is 28.7 Å². The maximum absolute atomic E-state index is 15.8. The number of rotatable bonds is 25. The van der Waals surface area contributed by atoms with Gasteiger partial charge in [0.25, 0.3) is 5.92 Å². The number of phosphoric ester groups is 1. The molecule has 2 amide bonds. The number of nitrogens with zero attached hydrogens (tertiary/aromatic N) is 5. The van der Waals surface area contributed by atoms with Gasteiger partial charge < -0.3 is 18.9 Å². The van der Waals surface area contributed by atoms with E-state index in [-0.39, 0.29) is 69.7 Å². The molecule has 1 fully saturated rings. The first-order chi connectivity index (χ1) is 42.9. The third-order valence-corrected chi connectivity index (χ3v) is 22.2. The van der Waals surface area contributed by atoms with Crippen molar-refractivity contribution in [2.45, 2.75) is 133 Å². The Morgan fingerprint density at radius 3 is 2.06 bits per heavy atom. The Kier molecular flexibility index (Phi) is 20.5. The van der Waals surface area contributed by atoms with E-state index in [0.29, 0.717) is 16.3 Å². The van der Waals surface area contributed by atoms with Crippen LogP contribution in [0.1, 0.15) is 123 Å². The summed E-state index contributed by atoms with van der Waals surface area (Å²) in [4.78, 5) is 33.0. The quantitative estimate of drug-likeness (QED) is 0.0307. The first-order valence-corrected chi connectivity index (χ1v) is 35.2. The van der Waals surface area contributed by atoms with Crippen molar-refractivity contribution in [1.82, 2.24) is 34.6 Å². The fourth-order valence-corrected chi connectivity index (χ4v) is 15.0. The van der Waals surface area contributed by atoms with Crippen LogP contribution in [0.3, 0.4) is 0 Å². The minimum Gasteiger partial charge on any atom is -0.404 e. The Morgan fingerprint density at radius 2 is 1.48 bits per heavy atom. The molecule has 93 heavy (non-hydrogen) atoms. The van der Waals surface area contributed by atoms with Crippen LogP contribution in [0.4, 0.5) is 43.9 Å². The van der Waals surface area contributed by atoms with Crippen LogP contribution in [0.5, 0.6) is 5.75 Å². The Hall–Kier alpha value is -6.42. The van der Waals surface area contributed by atoms with Crippen LogP contribution in [0.2, 0.25) is 5.02 Å². The number of sulfonamides is 1. The maximum Gasteiger partial charge on any atom is 0.530 e. The lowest BCUT2D eigenvalue weighted by atomic mass is 9.78. The van der Waals surface area contributed by atoms with E-state index in [4.69, 9.17) is 34.2 Å².